The summed E-state index contributed by atoms with van der Waals surface area (Å²) in [5, 5.41) is 4.31. The van der Waals surface area contributed by atoms with Crippen LogP contribution >= 0.6 is 0 Å². The first-order valence-corrected chi connectivity index (χ1v) is 5.48. The Balaban J connectivity index is 2.23. The van der Waals surface area contributed by atoms with Crippen molar-refractivity contribution in [3.05, 3.63) is 35.8 Å². The van der Waals surface area contributed by atoms with Crippen LogP contribution in [-0.4, -0.2) is 21.8 Å². The van der Waals surface area contributed by atoms with Crippen LogP contribution in [0.3, 0.4) is 0 Å². The van der Waals surface area contributed by atoms with Gasteiger partial charge in [-0.3, -0.25) is 9.67 Å². The van der Waals surface area contributed by atoms with Crippen LogP contribution in [-0.2, 0) is 13.6 Å². The van der Waals surface area contributed by atoms with E-state index in [1.807, 2.05) is 39.3 Å². The van der Waals surface area contributed by atoms with Crippen LogP contribution in [0, 0.1) is 6.92 Å². The average Bonchev–Trinajstić information content (AvgIpc) is 2.54. The second kappa shape index (κ2) is 4.45. The van der Waals surface area contributed by atoms with Crippen LogP contribution in [0.15, 0.2) is 24.5 Å². The Hall–Kier alpha value is -2.04. The summed E-state index contributed by atoms with van der Waals surface area (Å²) >= 11 is 0. The molecule has 2 heterocycles. The van der Waals surface area contributed by atoms with Gasteiger partial charge < -0.3 is 10.6 Å². The van der Waals surface area contributed by atoms with E-state index in [0.717, 1.165) is 29.3 Å². The minimum absolute atomic E-state index is 0.735. The summed E-state index contributed by atoms with van der Waals surface area (Å²) < 4.78 is 1.81. The molecule has 0 spiro atoms. The normalized spacial score (nSPS) is 10.5. The second-order valence-corrected chi connectivity index (χ2v) is 4.16. The van der Waals surface area contributed by atoms with Crippen molar-refractivity contribution in [2.24, 2.45) is 7.05 Å². The maximum atomic E-state index is 6.02. The lowest BCUT2D eigenvalue weighted by Gasteiger charge is -2.19. The number of hydrogen-bond acceptors (Lipinski definition) is 4. The van der Waals surface area contributed by atoms with Crippen molar-refractivity contribution in [3.8, 4) is 0 Å². The standard InChI is InChI=1S/C12H17N5/c1-9-11(13)12(17(3)15-9)16(2)8-10-5-4-6-14-7-10/h4-7H,8,13H2,1-3H3. The molecule has 0 atom stereocenters. The highest BCUT2D eigenvalue weighted by Gasteiger charge is 2.14. The van der Waals surface area contributed by atoms with Gasteiger partial charge in [-0.2, -0.15) is 5.10 Å². The zero-order chi connectivity index (χ0) is 12.4. The summed E-state index contributed by atoms with van der Waals surface area (Å²) in [6.07, 6.45) is 3.63. The van der Waals surface area contributed by atoms with Gasteiger partial charge in [-0.25, -0.2) is 0 Å². The molecule has 0 aliphatic carbocycles. The van der Waals surface area contributed by atoms with Crippen LogP contribution in [0.4, 0.5) is 11.5 Å². The van der Waals surface area contributed by atoms with Gasteiger partial charge >= 0.3 is 0 Å². The summed E-state index contributed by atoms with van der Waals surface area (Å²) in [4.78, 5) is 6.18. The maximum absolute atomic E-state index is 6.02. The molecular weight excluding hydrogens is 214 g/mol. The molecule has 0 amide bonds. The first-order chi connectivity index (χ1) is 8.09. The Bertz CT molecular complexity index is 503. The fourth-order valence-corrected chi connectivity index (χ4v) is 1.96. The van der Waals surface area contributed by atoms with Crippen LogP contribution < -0.4 is 10.6 Å². The van der Waals surface area contributed by atoms with Gasteiger partial charge in [-0.1, -0.05) is 6.07 Å². The summed E-state index contributed by atoms with van der Waals surface area (Å²) in [5.74, 6) is 0.936. The Morgan fingerprint density at radius 2 is 2.24 bits per heavy atom. The van der Waals surface area contributed by atoms with Crippen molar-refractivity contribution < 1.29 is 0 Å². The van der Waals surface area contributed by atoms with E-state index in [0.29, 0.717) is 0 Å². The highest BCUT2D eigenvalue weighted by Crippen LogP contribution is 2.25. The molecule has 2 aromatic heterocycles. The third-order valence-corrected chi connectivity index (χ3v) is 2.74. The maximum Gasteiger partial charge on any atom is 0.150 e. The molecule has 0 saturated carbocycles. The Labute approximate surface area is 101 Å². The minimum atomic E-state index is 0.735. The number of anilines is 2. The molecule has 5 nitrogen and oxygen atoms in total. The highest BCUT2D eigenvalue weighted by molar-refractivity contribution is 5.65. The zero-order valence-corrected chi connectivity index (χ0v) is 10.4. The quantitative estimate of drug-likeness (QED) is 0.866. The third-order valence-electron chi connectivity index (χ3n) is 2.74. The zero-order valence-electron chi connectivity index (χ0n) is 10.4. The topological polar surface area (TPSA) is 60.0 Å². The number of rotatable bonds is 3. The molecule has 90 valence electrons. The third kappa shape index (κ3) is 2.22. The molecule has 0 fully saturated rings. The van der Waals surface area contributed by atoms with Crippen molar-refractivity contribution in [1.29, 1.82) is 0 Å². The van der Waals surface area contributed by atoms with E-state index in [4.69, 9.17) is 5.73 Å². The van der Waals surface area contributed by atoms with Gasteiger partial charge in [0.15, 0.2) is 0 Å². The predicted octanol–water partition coefficient (Wildman–Crippen LogP) is 1.34. The number of aromatic nitrogens is 3. The van der Waals surface area contributed by atoms with Crippen molar-refractivity contribution in [2.75, 3.05) is 17.7 Å². The molecule has 2 aromatic rings. The van der Waals surface area contributed by atoms with Crippen molar-refractivity contribution in [1.82, 2.24) is 14.8 Å². The number of aryl methyl sites for hydroxylation is 2. The summed E-state index contributed by atoms with van der Waals surface area (Å²) in [6, 6.07) is 3.98. The second-order valence-electron chi connectivity index (χ2n) is 4.16. The Morgan fingerprint density at radius 1 is 1.47 bits per heavy atom. The number of pyridine rings is 1. The SMILES string of the molecule is Cc1nn(C)c(N(C)Cc2cccnc2)c1N. The van der Waals surface area contributed by atoms with Gasteiger partial charge in [-0.05, 0) is 18.6 Å². The van der Waals surface area contributed by atoms with E-state index >= 15 is 0 Å². The van der Waals surface area contributed by atoms with Crippen molar-refractivity contribution in [3.63, 3.8) is 0 Å². The lowest BCUT2D eigenvalue weighted by Crippen LogP contribution is -2.20. The van der Waals surface area contributed by atoms with Crippen LogP contribution in [0.5, 0.6) is 0 Å². The molecule has 0 aromatic carbocycles. The molecule has 0 aliphatic rings. The van der Waals surface area contributed by atoms with E-state index in [1.165, 1.54) is 0 Å². The fraction of sp³-hybridized carbons (Fsp3) is 0.333. The van der Waals surface area contributed by atoms with Crippen LogP contribution in [0.25, 0.3) is 0 Å². The molecule has 0 unspecified atom stereocenters. The van der Waals surface area contributed by atoms with E-state index in [1.54, 1.807) is 10.9 Å². The largest absolute Gasteiger partial charge is 0.394 e. The van der Waals surface area contributed by atoms with Crippen molar-refractivity contribution in [2.45, 2.75) is 13.5 Å². The number of nitrogens with two attached hydrogens (primary N) is 1. The molecule has 0 aliphatic heterocycles. The lowest BCUT2D eigenvalue weighted by molar-refractivity contribution is 0.726. The summed E-state index contributed by atoms with van der Waals surface area (Å²) in [5.41, 5.74) is 8.76. The minimum Gasteiger partial charge on any atom is -0.394 e. The Kier molecular flexibility index (Phi) is 2.99. The highest BCUT2D eigenvalue weighted by atomic mass is 15.4. The van der Waals surface area contributed by atoms with Gasteiger partial charge in [0, 0.05) is 33.0 Å². The number of nitrogens with zero attached hydrogens (tertiary/aromatic N) is 4. The molecular formula is C12H17N5. The molecule has 2 rings (SSSR count). The van der Waals surface area contributed by atoms with E-state index in [2.05, 4.69) is 15.0 Å². The molecule has 0 saturated heterocycles. The van der Waals surface area contributed by atoms with Crippen LogP contribution in [0.1, 0.15) is 11.3 Å². The van der Waals surface area contributed by atoms with E-state index in [-0.39, 0.29) is 0 Å². The molecule has 2 N–H and O–H groups in total. The molecule has 0 bridgehead atoms. The monoisotopic (exact) mass is 231 g/mol. The van der Waals surface area contributed by atoms with Gasteiger partial charge in [0.05, 0.1) is 11.4 Å². The number of hydrogen-bond donors (Lipinski definition) is 1. The fourth-order valence-electron chi connectivity index (χ4n) is 1.96. The molecule has 17 heavy (non-hydrogen) atoms. The van der Waals surface area contributed by atoms with Crippen molar-refractivity contribution >= 4 is 11.5 Å². The number of nitrogen functional groups attached to an aromatic ring is 1. The van der Waals surface area contributed by atoms with E-state index < -0.39 is 0 Å². The van der Waals surface area contributed by atoms with Crippen LogP contribution in [0.2, 0.25) is 0 Å². The average molecular weight is 231 g/mol. The summed E-state index contributed by atoms with van der Waals surface area (Å²) in [7, 11) is 3.90. The van der Waals surface area contributed by atoms with Gasteiger partial charge in [0.25, 0.3) is 0 Å². The molecule has 5 heteroatoms. The Morgan fingerprint density at radius 3 is 2.76 bits per heavy atom. The van der Waals surface area contributed by atoms with Gasteiger partial charge in [0.2, 0.25) is 0 Å². The van der Waals surface area contributed by atoms with Gasteiger partial charge in [-0.15, -0.1) is 0 Å². The van der Waals surface area contributed by atoms with Gasteiger partial charge in [0.1, 0.15) is 5.82 Å². The summed E-state index contributed by atoms with van der Waals surface area (Å²) in [6.45, 7) is 2.67. The first kappa shape index (κ1) is 11.4. The lowest BCUT2D eigenvalue weighted by atomic mass is 10.2. The predicted molar refractivity (Wildman–Crippen MR) is 68.7 cm³/mol. The molecule has 0 radical (unpaired) electrons. The smallest absolute Gasteiger partial charge is 0.150 e. The van der Waals surface area contributed by atoms with E-state index in [9.17, 15) is 0 Å². The first-order valence-electron chi connectivity index (χ1n) is 5.48.